The van der Waals surface area contributed by atoms with Gasteiger partial charge >= 0.3 is 6.18 Å². The molecule has 148 valence electrons. The van der Waals surface area contributed by atoms with Crippen molar-refractivity contribution in [3.63, 3.8) is 0 Å². The van der Waals surface area contributed by atoms with Crippen LogP contribution in [0.1, 0.15) is 78.6 Å². The van der Waals surface area contributed by atoms with Gasteiger partial charge in [-0.2, -0.15) is 13.2 Å². The average molecular weight is 370 g/mol. The van der Waals surface area contributed by atoms with E-state index in [0.29, 0.717) is 23.7 Å². The molecule has 0 radical (unpaired) electrons. The molecule has 3 saturated carbocycles. The molecule has 0 aliphatic heterocycles. The molecule has 0 heterocycles. The molecule has 0 aromatic rings. The lowest BCUT2D eigenvalue weighted by molar-refractivity contribution is -0.271. The molecule has 4 heteroatoms. The van der Waals surface area contributed by atoms with Crippen LogP contribution in [-0.4, -0.2) is 16.9 Å². The van der Waals surface area contributed by atoms with E-state index >= 15 is 0 Å². The van der Waals surface area contributed by atoms with E-state index in [2.05, 4.69) is 26.8 Å². The maximum Gasteiger partial charge on any atom is 0.417 e. The molecule has 4 rings (SSSR count). The Kier molecular flexibility index (Phi) is 4.16. The summed E-state index contributed by atoms with van der Waals surface area (Å²) in [6.07, 6.45) is 4.83. The fraction of sp³-hybridized carbons (Fsp3) is 0.909. The Morgan fingerprint density at radius 1 is 1.08 bits per heavy atom. The predicted octanol–water partition coefficient (Wildman–Crippen LogP) is 6.27. The Morgan fingerprint density at radius 2 is 1.81 bits per heavy atom. The van der Waals surface area contributed by atoms with Crippen molar-refractivity contribution in [2.45, 2.75) is 90.3 Å². The van der Waals surface area contributed by atoms with Gasteiger partial charge < -0.3 is 5.11 Å². The van der Waals surface area contributed by atoms with E-state index in [1.165, 1.54) is 25.7 Å². The van der Waals surface area contributed by atoms with E-state index in [1.807, 2.05) is 0 Å². The first-order valence-corrected chi connectivity index (χ1v) is 10.5. The van der Waals surface area contributed by atoms with Crippen LogP contribution in [0.15, 0.2) is 11.6 Å². The topological polar surface area (TPSA) is 20.2 Å². The molecule has 0 spiro atoms. The van der Waals surface area contributed by atoms with Crippen LogP contribution in [0.3, 0.4) is 0 Å². The van der Waals surface area contributed by atoms with Crippen LogP contribution in [0.5, 0.6) is 0 Å². The Bertz CT molecular complexity index is 611. The molecule has 0 saturated heterocycles. The van der Waals surface area contributed by atoms with Crippen molar-refractivity contribution in [2.75, 3.05) is 0 Å². The molecule has 4 aliphatic rings. The highest BCUT2D eigenvalue weighted by molar-refractivity contribution is 5.27. The van der Waals surface area contributed by atoms with Crippen molar-refractivity contribution in [2.24, 2.45) is 34.5 Å². The van der Waals surface area contributed by atoms with Crippen LogP contribution >= 0.6 is 0 Å². The zero-order valence-electron chi connectivity index (χ0n) is 16.3. The van der Waals surface area contributed by atoms with Crippen molar-refractivity contribution >= 4 is 0 Å². The maximum absolute atomic E-state index is 13.4. The van der Waals surface area contributed by atoms with Crippen molar-refractivity contribution in [1.82, 2.24) is 0 Å². The van der Waals surface area contributed by atoms with Crippen LogP contribution in [0, 0.1) is 34.5 Å². The summed E-state index contributed by atoms with van der Waals surface area (Å²) in [4.78, 5) is 0. The number of fused-ring (bicyclic) bond motifs is 5. The second-order valence-corrected chi connectivity index (χ2v) is 10.2. The van der Waals surface area contributed by atoms with Gasteiger partial charge in [-0.1, -0.05) is 38.8 Å². The third kappa shape index (κ3) is 2.39. The SMILES string of the molecule is CC[C@H]1CC[C@H]2[C@@H]3CC=C4C[C@](O)(C(F)(F)F)CC[C@]4(C)[C@H]3CC[C@]12C. The fourth-order valence-electron chi connectivity index (χ4n) is 7.67. The smallest absolute Gasteiger partial charge is 0.380 e. The lowest BCUT2D eigenvalue weighted by Crippen LogP contribution is -2.55. The van der Waals surface area contributed by atoms with Gasteiger partial charge in [-0.25, -0.2) is 0 Å². The molecule has 1 N–H and O–H groups in total. The number of aliphatic hydroxyl groups is 1. The number of rotatable bonds is 1. The van der Waals surface area contributed by atoms with Crippen molar-refractivity contribution in [3.8, 4) is 0 Å². The lowest BCUT2D eigenvalue weighted by atomic mass is 9.46. The molecule has 0 aromatic heterocycles. The molecule has 26 heavy (non-hydrogen) atoms. The first-order chi connectivity index (χ1) is 12.1. The highest BCUT2D eigenvalue weighted by atomic mass is 19.4. The third-order valence-corrected chi connectivity index (χ3v) is 9.38. The average Bonchev–Trinajstić information content (AvgIpc) is 2.91. The van der Waals surface area contributed by atoms with E-state index in [4.69, 9.17) is 0 Å². The summed E-state index contributed by atoms with van der Waals surface area (Å²) >= 11 is 0. The Hall–Kier alpha value is -0.510. The van der Waals surface area contributed by atoms with E-state index in [1.54, 1.807) is 0 Å². The molecular formula is C22H33F3O. The van der Waals surface area contributed by atoms with E-state index < -0.39 is 11.8 Å². The maximum atomic E-state index is 13.4. The normalized spacial score (nSPS) is 51.3. The van der Waals surface area contributed by atoms with E-state index in [-0.39, 0.29) is 18.3 Å². The van der Waals surface area contributed by atoms with E-state index in [0.717, 1.165) is 30.3 Å². The predicted molar refractivity (Wildman–Crippen MR) is 96.5 cm³/mol. The quantitative estimate of drug-likeness (QED) is 0.539. The minimum atomic E-state index is -4.53. The summed E-state index contributed by atoms with van der Waals surface area (Å²) in [5, 5.41) is 10.2. The number of allylic oxidation sites excluding steroid dienone is 1. The monoisotopic (exact) mass is 370 g/mol. The van der Waals surface area contributed by atoms with Gasteiger partial charge in [0.1, 0.15) is 0 Å². The van der Waals surface area contributed by atoms with Gasteiger partial charge in [0.05, 0.1) is 0 Å². The third-order valence-electron chi connectivity index (χ3n) is 9.38. The summed E-state index contributed by atoms with van der Waals surface area (Å²) in [5.74, 6) is 2.66. The Labute approximate surface area is 155 Å². The van der Waals surface area contributed by atoms with Gasteiger partial charge in [0, 0.05) is 6.42 Å². The summed E-state index contributed by atoms with van der Waals surface area (Å²) in [6.45, 7) is 6.99. The highest BCUT2D eigenvalue weighted by Crippen LogP contribution is 2.67. The molecule has 0 bridgehead atoms. The molecule has 0 amide bonds. The molecule has 3 fully saturated rings. The molecule has 0 aromatic carbocycles. The van der Waals surface area contributed by atoms with Gasteiger partial charge in [0.25, 0.3) is 0 Å². The zero-order chi connectivity index (χ0) is 19.0. The van der Waals surface area contributed by atoms with Crippen LogP contribution in [0.2, 0.25) is 0 Å². The van der Waals surface area contributed by atoms with Gasteiger partial charge in [-0.05, 0) is 79.4 Å². The molecule has 0 unspecified atom stereocenters. The number of alkyl halides is 3. The number of halogens is 3. The molecule has 7 atom stereocenters. The largest absolute Gasteiger partial charge is 0.417 e. The first kappa shape index (κ1) is 18.8. The van der Waals surface area contributed by atoms with Gasteiger partial charge in [-0.3, -0.25) is 0 Å². The lowest BCUT2D eigenvalue weighted by Gasteiger charge is -2.59. The van der Waals surface area contributed by atoms with Crippen molar-refractivity contribution < 1.29 is 18.3 Å². The van der Waals surface area contributed by atoms with Crippen molar-refractivity contribution in [1.29, 1.82) is 0 Å². The number of hydrogen-bond donors (Lipinski definition) is 1. The second-order valence-electron chi connectivity index (χ2n) is 10.2. The zero-order valence-corrected chi connectivity index (χ0v) is 16.3. The summed E-state index contributed by atoms with van der Waals surface area (Å²) in [5.41, 5.74) is -1.35. The minimum absolute atomic E-state index is 0.146. The second kappa shape index (κ2) is 5.75. The summed E-state index contributed by atoms with van der Waals surface area (Å²) in [7, 11) is 0. The van der Waals surface area contributed by atoms with Crippen LogP contribution in [0.4, 0.5) is 13.2 Å². The molecule has 1 nitrogen and oxygen atoms in total. The highest BCUT2D eigenvalue weighted by Gasteiger charge is 2.63. The summed E-state index contributed by atoms with van der Waals surface area (Å²) < 4.78 is 40.1. The fourth-order valence-corrected chi connectivity index (χ4v) is 7.67. The van der Waals surface area contributed by atoms with Gasteiger partial charge in [-0.15, -0.1) is 0 Å². The molecular weight excluding hydrogens is 337 g/mol. The van der Waals surface area contributed by atoms with Crippen molar-refractivity contribution in [3.05, 3.63) is 11.6 Å². The van der Waals surface area contributed by atoms with Gasteiger partial charge in [0.15, 0.2) is 5.60 Å². The molecule has 4 aliphatic carbocycles. The number of hydrogen-bond acceptors (Lipinski definition) is 1. The Morgan fingerprint density at radius 3 is 2.46 bits per heavy atom. The summed E-state index contributed by atoms with van der Waals surface area (Å²) in [6, 6.07) is 0. The standard InChI is InChI=1S/C22H33F3O/c1-4-14-6-8-17-16-7-5-15-13-21(26,22(23,24)25)12-11-20(15,3)18(16)9-10-19(14,17)2/h5,14,16-18,26H,4,6-13H2,1-3H3/t14-,16-,17-,18-,19+,20-,21-/m0/s1. The van der Waals surface area contributed by atoms with Crippen LogP contribution in [-0.2, 0) is 0 Å². The van der Waals surface area contributed by atoms with Crippen LogP contribution < -0.4 is 0 Å². The first-order valence-electron chi connectivity index (χ1n) is 10.5. The minimum Gasteiger partial charge on any atom is -0.380 e. The van der Waals surface area contributed by atoms with Crippen LogP contribution in [0.25, 0.3) is 0 Å². The van der Waals surface area contributed by atoms with Gasteiger partial charge in [0.2, 0.25) is 0 Å². The Balaban J connectivity index is 1.64. The van der Waals surface area contributed by atoms with E-state index in [9.17, 15) is 18.3 Å².